The second-order valence-electron chi connectivity index (χ2n) is 5.51. The van der Waals surface area contributed by atoms with E-state index < -0.39 is 5.41 Å². The van der Waals surface area contributed by atoms with Crippen molar-refractivity contribution in [3.05, 3.63) is 44.3 Å². The summed E-state index contributed by atoms with van der Waals surface area (Å²) >= 11 is 2.88. The van der Waals surface area contributed by atoms with Gasteiger partial charge in [-0.3, -0.25) is 9.59 Å². The van der Waals surface area contributed by atoms with Gasteiger partial charge >= 0.3 is 0 Å². The molecule has 0 aliphatic heterocycles. The molecule has 106 valence electrons. The molecule has 20 heavy (non-hydrogen) atoms. The molecule has 2 aromatic rings. The first-order valence-corrected chi connectivity index (χ1v) is 8.03. The Bertz CT molecular complexity index is 606. The molecule has 2 aromatic heterocycles. The maximum Gasteiger partial charge on any atom is 0.225 e. The second-order valence-corrected chi connectivity index (χ2v) is 7.62. The predicted molar refractivity (Wildman–Crippen MR) is 83.4 cm³/mol. The summed E-state index contributed by atoms with van der Waals surface area (Å²) in [6.45, 7) is 6.10. The van der Waals surface area contributed by atoms with E-state index in [9.17, 15) is 9.59 Å². The molecular weight excluding hydrogens is 290 g/mol. The molecule has 0 bridgehead atoms. The Morgan fingerprint density at radius 3 is 2.50 bits per heavy atom. The molecule has 1 amide bonds. The zero-order chi connectivity index (χ0) is 14.8. The van der Waals surface area contributed by atoms with Crippen LogP contribution in [-0.4, -0.2) is 11.7 Å². The number of rotatable bonds is 4. The third-order valence-corrected chi connectivity index (χ3v) is 4.69. The van der Waals surface area contributed by atoms with E-state index in [1.165, 1.54) is 22.7 Å². The van der Waals surface area contributed by atoms with E-state index in [2.05, 4.69) is 5.32 Å². The number of ketones is 1. The Morgan fingerprint density at radius 1 is 1.15 bits per heavy atom. The molecule has 0 unspecified atom stereocenters. The summed E-state index contributed by atoms with van der Waals surface area (Å²) in [4.78, 5) is 26.4. The van der Waals surface area contributed by atoms with Gasteiger partial charge in [0.05, 0.1) is 16.3 Å². The first kappa shape index (κ1) is 14.9. The summed E-state index contributed by atoms with van der Waals surface area (Å²) in [5.74, 6) is 0.0652. The van der Waals surface area contributed by atoms with E-state index in [0.29, 0.717) is 11.4 Å². The highest BCUT2D eigenvalue weighted by Crippen LogP contribution is 2.22. The predicted octanol–water partition coefficient (Wildman–Crippen LogP) is 3.70. The fourth-order valence-corrected chi connectivity index (χ4v) is 3.20. The van der Waals surface area contributed by atoms with Gasteiger partial charge in [0.25, 0.3) is 0 Å². The summed E-state index contributed by atoms with van der Waals surface area (Å²) in [7, 11) is 0. The molecular formula is C15H17NO2S2. The van der Waals surface area contributed by atoms with Crippen molar-refractivity contribution in [2.45, 2.75) is 27.3 Å². The Morgan fingerprint density at radius 2 is 1.90 bits per heavy atom. The third kappa shape index (κ3) is 3.55. The van der Waals surface area contributed by atoms with Crippen LogP contribution in [-0.2, 0) is 11.3 Å². The van der Waals surface area contributed by atoms with Gasteiger partial charge in [0, 0.05) is 10.3 Å². The van der Waals surface area contributed by atoms with Crippen molar-refractivity contribution in [1.82, 2.24) is 5.32 Å². The van der Waals surface area contributed by atoms with E-state index >= 15 is 0 Å². The standard InChI is InChI=1S/C15H17NO2S2/c1-15(2,3)14(18)16-9-10-6-7-12(20-10)13(17)11-5-4-8-19-11/h4-8H,9H2,1-3H3,(H,16,18). The average molecular weight is 307 g/mol. The van der Waals surface area contributed by atoms with Crippen LogP contribution in [0.3, 0.4) is 0 Å². The highest BCUT2D eigenvalue weighted by atomic mass is 32.1. The molecule has 0 spiro atoms. The minimum atomic E-state index is -0.396. The summed E-state index contributed by atoms with van der Waals surface area (Å²) < 4.78 is 0. The maximum atomic E-state index is 12.2. The van der Waals surface area contributed by atoms with E-state index in [4.69, 9.17) is 0 Å². The van der Waals surface area contributed by atoms with E-state index in [1.807, 2.05) is 50.4 Å². The van der Waals surface area contributed by atoms with Crippen LogP contribution in [0.15, 0.2) is 29.6 Å². The lowest BCUT2D eigenvalue weighted by atomic mass is 9.96. The van der Waals surface area contributed by atoms with Crippen molar-refractivity contribution in [1.29, 1.82) is 0 Å². The molecule has 0 radical (unpaired) electrons. The number of thiophene rings is 2. The van der Waals surface area contributed by atoms with Crippen LogP contribution in [0.25, 0.3) is 0 Å². The normalized spacial score (nSPS) is 11.3. The minimum absolute atomic E-state index is 0.0111. The number of hydrogen-bond donors (Lipinski definition) is 1. The van der Waals surface area contributed by atoms with Gasteiger partial charge in [0.1, 0.15) is 0 Å². The third-order valence-electron chi connectivity index (χ3n) is 2.73. The van der Waals surface area contributed by atoms with Gasteiger partial charge in [-0.15, -0.1) is 22.7 Å². The van der Waals surface area contributed by atoms with Gasteiger partial charge in [0.15, 0.2) is 0 Å². The number of hydrogen-bond acceptors (Lipinski definition) is 4. The Hall–Kier alpha value is -1.46. The lowest BCUT2D eigenvalue weighted by molar-refractivity contribution is -0.128. The summed E-state index contributed by atoms with van der Waals surface area (Å²) in [5, 5.41) is 4.78. The molecule has 0 aliphatic rings. The Kier molecular flexibility index (Phi) is 4.40. The molecule has 1 N–H and O–H groups in total. The lowest BCUT2D eigenvalue weighted by Crippen LogP contribution is -2.34. The quantitative estimate of drug-likeness (QED) is 0.875. The van der Waals surface area contributed by atoms with Crippen molar-refractivity contribution >= 4 is 34.4 Å². The van der Waals surface area contributed by atoms with Crippen LogP contribution in [0.5, 0.6) is 0 Å². The summed E-state index contributed by atoms with van der Waals surface area (Å²) in [6, 6.07) is 7.42. The van der Waals surface area contributed by atoms with Gasteiger partial charge in [-0.1, -0.05) is 26.8 Å². The van der Waals surface area contributed by atoms with E-state index in [1.54, 1.807) is 0 Å². The molecule has 0 aromatic carbocycles. The lowest BCUT2D eigenvalue weighted by Gasteiger charge is -2.17. The van der Waals surface area contributed by atoms with Crippen molar-refractivity contribution in [2.24, 2.45) is 5.41 Å². The number of nitrogens with one attached hydrogen (secondary N) is 1. The van der Waals surface area contributed by atoms with Crippen LogP contribution >= 0.6 is 22.7 Å². The molecule has 0 fully saturated rings. The fourth-order valence-electron chi connectivity index (χ4n) is 1.56. The summed E-state index contributed by atoms with van der Waals surface area (Å²) in [5.41, 5.74) is -0.396. The number of carbonyl (C=O) groups excluding carboxylic acids is 2. The highest BCUT2D eigenvalue weighted by molar-refractivity contribution is 7.16. The van der Waals surface area contributed by atoms with Crippen molar-refractivity contribution in [3.8, 4) is 0 Å². The maximum absolute atomic E-state index is 12.2. The highest BCUT2D eigenvalue weighted by Gasteiger charge is 2.21. The smallest absolute Gasteiger partial charge is 0.225 e. The van der Waals surface area contributed by atoms with Gasteiger partial charge in [0.2, 0.25) is 11.7 Å². The number of carbonyl (C=O) groups is 2. The molecule has 0 atom stereocenters. The molecule has 3 nitrogen and oxygen atoms in total. The van der Waals surface area contributed by atoms with Gasteiger partial charge < -0.3 is 5.32 Å². The first-order chi connectivity index (χ1) is 9.38. The molecule has 0 aliphatic carbocycles. The molecule has 5 heteroatoms. The molecule has 0 saturated heterocycles. The Labute approximate surface area is 126 Å². The minimum Gasteiger partial charge on any atom is -0.351 e. The second kappa shape index (κ2) is 5.89. The Balaban J connectivity index is 2.00. The molecule has 0 saturated carbocycles. The monoisotopic (exact) mass is 307 g/mol. The van der Waals surface area contributed by atoms with Gasteiger partial charge in [-0.25, -0.2) is 0 Å². The summed E-state index contributed by atoms with van der Waals surface area (Å²) in [6.07, 6.45) is 0. The van der Waals surface area contributed by atoms with Crippen molar-refractivity contribution in [2.75, 3.05) is 0 Å². The first-order valence-electron chi connectivity index (χ1n) is 6.33. The SMILES string of the molecule is CC(C)(C)C(=O)NCc1ccc(C(=O)c2cccs2)s1. The van der Waals surface area contributed by atoms with Crippen LogP contribution < -0.4 is 5.32 Å². The van der Waals surface area contributed by atoms with Crippen LogP contribution in [0, 0.1) is 5.41 Å². The zero-order valence-electron chi connectivity index (χ0n) is 11.7. The van der Waals surface area contributed by atoms with Crippen molar-refractivity contribution < 1.29 is 9.59 Å². The topological polar surface area (TPSA) is 46.2 Å². The zero-order valence-corrected chi connectivity index (χ0v) is 13.4. The van der Waals surface area contributed by atoms with E-state index in [-0.39, 0.29) is 11.7 Å². The van der Waals surface area contributed by atoms with Crippen molar-refractivity contribution in [3.63, 3.8) is 0 Å². The van der Waals surface area contributed by atoms with E-state index in [0.717, 1.165) is 9.75 Å². The van der Waals surface area contributed by atoms with Gasteiger partial charge in [-0.2, -0.15) is 0 Å². The fraction of sp³-hybridized carbons (Fsp3) is 0.333. The molecule has 2 rings (SSSR count). The van der Waals surface area contributed by atoms with Crippen LogP contribution in [0.4, 0.5) is 0 Å². The van der Waals surface area contributed by atoms with Gasteiger partial charge in [-0.05, 0) is 23.6 Å². The van der Waals surface area contributed by atoms with Crippen LogP contribution in [0.1, 0.15) is 40.2 Å². The van der Waals surface area contributed by atoms with Crippen LogP contribution in [0.2, 0.25) is 0 Å². The molecule has 2 heterocycles. The largest absolute Gasteiger partial charge is 0.351 e. The number of amides is 1. The average Bonchev–Trinajstić information content (AvgIpc) is 3.05.